The van der Waals surface area contributed by atoms with E-state index in [1.165, 1.54) is 6.42 Å². The van der Waals surface area contributed by atoms with E-state index in [2.05, 4.69) is 18.7 Å². The van der Waals surface area contributed by atoms with Gasteiger partial charge in [0.25, 0.3) is 0 Å². The van der Waals surface area contributed by atoms with Crippen LogP contribution in [0.3, 0.4) is 0 Å². The molecule has 0 spiro atoms. The van der Waals surface area contributed by atoms with E-state index < -0.39 is 0 Å². The first-order chi connectivity index (χ1) is 9.99. The van der Waals surface area contributed by atoms with Gasteiger partial charge in [0.15, 0.2) is 0 Å². The van der Waals surface area contributed by atoms with Crippen LogP contribution >= 0.6 is 24.8 Å². The van der Waals surface area contributed by atoms with Gasteiger partial charge < -0.3 is 15.5 Å². The number of hydrogen-bond acceptors (Lipinski definition) is 4. The molecule has 0 aliphatic carbocycles. The summed E-state index contributed by atoms with van der Waals surface area (Å²) < 4.78 is 0. The van der Waals surface area contributed by atoms with Crippen molar-refractivity contribution >= 4 is 36.6 Å². The molecule has 0 aromatic heterocycles. The SMILES string of the molecule is CC1CC(C)CN(C(=O)CN2CCN(C(=O)CN)CC2)C1.Cl.Cl. The highest BCUT2D eigenvalue weighted by atomic mass is 35.5. The first-order valence-electron chi connectivity index (χ1n) is 7.97. The van der Waals surface area contributed by atoms with Crippen LogP contribution in [0.4, 0.5) is 0 Å². The van der Waals surface area contributed by atoms with E-state index in [0.717, 1.165) is 26.2 Å². The molecule has 2 amide bonds. The van der Waals surface area contributed by atoms with Crippen LogP contribution in [0.25, 0.3) is 0 Å². The molecular formula is C15H30Cl2N4O2. The maximum Gasteiger partial charge on any atom is 0.236 e. The van der Waals surface area contributed by atoms with Crippen LogP contribution in [0, 0.1) is 11.8 Å². The summed E-state index contributed by atoms with van der Waals surface area (Å²) in [5.41, 5.74) is 5.38. The van der Waals surface area contributed by atoms with E-state index in [-0.39, 0.29) is 43.2 Å². The number of piperazine rings is 1. The normalized spacial score (nSPS) is 25.3. The quantitative estimate of drug-likeness (QED) is 0.784. The number of nitrogens with zero attached hydrogens (tertiary/aromatic N) is 3. The molecule has 2 heterocycles. The Labute approximate surface area is 151 Å². The van der Waals surface area contributed by atoms with Crippen molar-refractivity contribution < 1.29 is 9.59 Å². The van der Waals surface area contributed by atoms with Gasteiger partial charge in [-0.1, -0.05) is 13.8 Å². The zero-order chi connectivity index (χ0) is 15.4. The molecule has 2 saturated heterocycles. The Morgan fingerprint density at radius 2 is 1.43 bits per heavy atom. The highest BCUT2D eigenvalue weighted by Crippen LogP contribution is 2.21. The summed E-state index contributed by atoms with van der Waals surface area (Å²) in [5, 5.41) is 0. The Morgan fingerprint density at radius 1 is 0.913 bits per heavy atom. The maximum absolute atomic E-state index is 12.4. The van der Waals surface area contributed by atoms with Crippen molar-refractivity contribution in [2.24, 2.45) is 17.6 Å². The fourth-order valence-corrected chi connectivity index (χ4v) is 3.44. The van der Waals surface area contributed by atoms with Crippen molar-refractivity contribution in [3.05, 3.63) is 0 Å². The van der Waals surface area contributed by atoms with Gasteiger partial charge in [0.1, 0.15) is 0 Å². The zero-order valence-corrected chi connectivity index (χ0v) is 15.7. The molecular weight excluding hydrogens is 339 g/mol. The van der Waals surface area contributed by atoms with E-state index in [9.17, 15) is 9.59 Å². The lowest BCUT2D eigenvalue weighted by molar-refractivity contribution is -0.136. The third-order valence-corrected chi connectivity index (χ3v) is 4.48. The molecule has 2 atom stereocenters. The average Bonchev–Trinajstić information content (AvgIpc) is 2.46. The summed E-state index contributed by atoms with van der Waals surface area (Å²) in [6.45, 7) is 9.62. The molecule has 136 valence electrons. The topological polar surface area (TPSA) is 69.9 Å². The van der Waals surface area contributed by atoms with Gasteiger partial charge >= 0.3 is 0 Å². The summed E-state index contributed by atoms with van der Waals surface area (Å²) in [6.07, 6.45) is 1.21. The largest absolute Gasteiger partial charge is 0.341 e. The molecule has 2 unspecified atom stereocenters. The molecule has 2 aliphatic rings. The summed E-state index contributed by atoms with van der Waals surface area (Å²) in [6, 6.07) is 0. The molecule has 2 aliphatic heterocycles. The van der Waals surface area contributed by atoms with Crippen LogP contribution in [0.15, 0.2) is 0 Å². The molecule has 23 heavy (non-hydrogen) atoms. The molecule has 2 rings (SSSR count). The van der Waals surface area contributed by atoms with Crippen LogP contribution in [0.2, 0.25) is 0 Å². The monoisotopic (exact) mass is 368 g/mol. The van der Waals surface area contributed by atoms with Crippen LogP contribution in [-0.4, -0.2) is 78.9 Å². The van der Waals surface area contributed by atoms with Crippen molar-refractivity contribution in [1.82, 2.24) is 14.7 Å². The predicted octanol–water partition coefficient (Wildman–Crippen LogP) is 0.437. The zero-order valence-electron chi connectivity index (χ0n) is 14.1. The molecule has 0 saturated carbocycles. The van der Waals surface area contributed by atoms with Crippen molar-refractivity contribution in [2.75, 3.05) is 52.4 Å². The number of likely N-dealkylation sites (tertiary alicyclic amines) is 1. The van der Waals surface area contributed by atoms with Crippen molar-refractivity contribution in [2.45, 2.75) is 20.3 Å². The second kappa shape index (κ2) is 10.3. The fourth-order valence-electron chi connectivity index (χ4n) is 3.44. The second-order valence-corrected chi connectivity index (χ2v) is 6.61. The minimum Gasteiger partial charge on any atom is -0.341 e. The van der Waals surface area contributed by atoms with Gasteiger partial charge in [-0.25, -0.2) is 0 Å². The first-order valence-corrected chi connectivity index (χ1v) is 7.97. The highest BCUT2D eigenvalue weighted by molar-refractivity contribution is 5.85. The third-order valence-electron chi connectivity index (χ3n) is 4.48. The Hall–Kier alpha value is -0.560. The molecule has 6 nitrogen and oxygen atoms in total. The lowest BCUT2D eigenvalue weighted by Crippen LogP contribution is -2.53. The predicted molar refractivity (Wildman–Crippen MR) is 96.1 cm³/mol. The summed E-state index contributed by atoms with van der Waals surface area (Å²) in [4.78, 5) is 29.9. The second-order valence-electron chi connectivity index (χ2n) is 6.61. The number of rotatable bonds is 3. The Kier molecular flexibility index (Phi) is 10.1. The Bertz CT molecular complexity index is 380. The van der Waals surface area contributed by atoms with Crippen molar-refractivity contribution in [1.29, 1.82) is 0 Å². The van der Waals surface area contributed by atoms with Crippen LogP contribution in [-0.2, 0) is 9.59 Å². The van der Waals surface area contributed by atoms with E-state index >= 15 is 0 Å². The van der Waals surface area contributed by atoms with E-state index in [0.29, 0.717) is 31.5 Å². The van der Waals surface area contributed by atoms with Crippen LogP contribution in [0.5, 0.6) is 0 Å². The molecule has 2 fully saturated rings. The van der Waals surface area contributed by atoms with E-state index in [1.807, 2.05) is 4.90 Å². The van der Waals surface area contributed by atoms with E-state index in [4.69, 9.17) is 5.73 Å². The number of nitrogens with two attached hydrogens (primary N) is 1. The molecule has 0 radical (unpaired) electrons. The van der Waals surface area contributed by atoms with Crippen molar-refractivity contribution in [3.8, 4) is 0 Å². The number of hydrogen-bond donors (Lipinski definition) is 1. The van der Waals surface area contributed by atoms with Gasteiger partial charge in [0.05, 0.1) is 13.1 Å². The number of piperidine rings is 1. The van der Waals surface area contributed by atoms with E-state index in [1.54, 1.807) is 4.90 Å². The fraction of sp³-hybridized carbons (Fsp3) is 0.867. The molecule has 0 aromatic rings. The molecule has 0 bridgehead atoms. The first kappa shape index (κ1) is 22.4. The average molecular weight is 369 g/mol. The van der Waals surface area contributed by atoms with Gasteiger partial charge in [0, 0.05) is 39.3 Å². The van der Waals surface area contributed by atoms with Gasteiger partial charge in [-0.15, -0.1) is 24.8 Å². The molecule has 8 heteroatoms. The minimum absolute atomic E-state index is 0. The maximum atomic E-state index is 12.4. The van der Waals surface area contributed by atoms with Gasteiger partial charge in [0.2, 0.25) is 11.8 Å². The lowest BCUT2D eigenvalue weighted by Gasteiger charge is -2.38. The number of amides is 2. The Balaban J connectivity index is 0.00000242. The standard InChI is InChI=1S/C15H28N4O2.2ClH/c1-12-7-13(2)10-19(9-12)15(21)11-17-3-5-18(6-4-17)14(20)8-16;;/h12-13H,3-11,16H2,1-2H3;2*1H. The van der Waals surface area contributed by atoms with Gasteiger partial charge in [-0.3, -0.25) is 14.5 Å². The third kappa shape index (κ3) is 6.45. The minimum atomic E-state index is -0.000318. The Morgan fingerprint density at radius 3 is 1.91 bits per heavy atom. The number of carbonyl (C=O) groups is 2. The van der Waals surface area contributed by atoms with Gasteiger partial charge in [-0.2, -0.15) is 0 Å². The summed E-state index contributed by atoms with van der Waals surface area (Å²) >= 11 is 0. The summed E-state index contributed by atoms with van der Waals surface area (Å²) in [5.74, 6) is 1.42. The van der Waals surface area contributed by atoms with Crippen LogP contribution in [0.1, 0.15) is 20.3 Å². The van der Waals surface area contributed by atoms with Crippen molar-refractivity contribution in [3.63, 3.8) is 0 Å². The van der Waals surface area contributed by atoms with Gasteiger partial charge in [-0.05, 0) is 18.3 Å². The lowest BCUT2D eigenvalue weighted by atomic mass is 9.92. The smallest absolute Gasteiger partial charge is 0.236 e. The number of carbonyl (C=O) groups excluding carboxylic acids is 2. The molecule has 0 aromatic carbocycles. The molecule has 2 N–H and O–H groups in total. The van der Waals surface area contributed by atoms with Crippen LogP contribution < -0.4 is 5.73 Å². The number of halogens is 2. The summed E-state index contributed by atoms with van der Waals surface area (Å²) in [7, 11) is 0. The highest BCUT2D eigenvalue weighted by Gasteiger charge is 2.27.